The third-order valence-electron chi connectivity index (χ3n) is 3.00. The lowest BCUT2D eigenvalue weighted by Gasteiger charge is -2.15. The highest BCUT2D eigenvalue weighted by molar-refractivity contribution is 5.95. The molecule has 86 valence electrons. The van der Waals surface area contributed by atoms with Crippen LogP contribution in [0.4, 0.5) is 0 Å². The average Bonchev–Trinajstić information content (AvgIpc) is 2.39. The molecule has 2 nitrogen and oxygen atoms in total. The maximum absolute atomic E-state index is 11.6. The highest BCUT2D eigenvalue weighted by Crippen LogP contribution is 2.26. The molecule has 1 aromatic carbocycles. The Morgan fingerprint density at radius 1 is 1.18 bits per heavy atom. The Kier molecular flexibility index (Phi) is 3.33. The molecule has 1 atom stereocenters. The maximum Gasteiger partial charge on any atom is 0.161 e. The Labute approximate surface area is 101 Å². The fraction of sp³-hybridized carbons (Fsp3) is 0.200. The fourth-order valence-electron chi connectivity index (χ4n) is 2.00. The van der Waals surface area contributed by atoms with Gasteiger partial charge in [-0.05, 0) is 24.1 Å². The molecule has 0 fully saturated rings. The van der Waals surface area contributed by atoms with E-state index in [1.54, 1.807) is 19.3 Å². The van der Waals surface area contributed by atoms with Crippen LogP contribution in [0, 0.1) is 0 Å². The zero-order chi connectivity index (χ0) is 12.3. The van der Waals surface area contributed by atoms with Crippen LogP contribution in [0.5, 0.6) is 0 Å². The van der Waals surface area contributed by atoms with Crippen molar-refractivity contribution >= 4 is 5.78 Å². The van der Waals surface area contributed by atoms with Crippen LogP contribution in [-0.4, -0.2) is 10.8 Å². The molecule has 2 aromatic rings. The first-order valence-electron chi connectivity index (χ1n) is 5.70. The molecule has 2 heteroatoms. The summed E-state index contributed by atoms with van der Waals surface area (Å²) in [6, 6.07) is 12.1. The molecule has 17 heavy (non-hydrogen) atoms. The number of ketones is 1. The first-order chi connectivity index (χ1) is 8.20. The summed E-state index contributed by atoms with van der Waals surface area (Å²) >= 11 is 0. The van der Waals surface area contributed by atoms with Crippen LogP contribution >= 0.6 is 0 Å². The van der Waals surface area contributed by atoms with Crippen molar-refractivity contribution in [3.63, 3.8) is 0 Å². The van der Waals surface area contributed by atoms with Crippen molar-refractivity contribution in [2.75, 3.05) is 0 Å². The largest absolute Gasteiger partial charge is 0.294 e. The molecule has 1 heterocycles. The summed E-state index contributed by atoms with van der Waals surface area (Å²) in [5, 5.41) is 0. The van der Waals surface area contributed by atoms with Gasteiger partial charge in [-0.3, -0.25) is 9.78 Å². The fourth-order valence-corrected chi connectivity index (χ4v) is 2.00. The van der Waals surface area contributed by atoms with E-state index >= 15 is 0 Å². The van der Waals surface area contributed by atoms with Crippen molar-refractivity contribution in [3.8, 4) is 0 Å². The van der Waals surface area contributed by atoms with Crippen molar-refractivity contribution in [2.45, 2.75) is 19.8 Å². The number of benzene rings is 1. The Morgan fingerprint density at radius 2 is 1.88 bits per heavy atom. The Hall–Kier alpha value is -1.96. The number of aromatic nitrogens is 1. The van der Waals surface area contributed by atoms with Crippen LogP contribution in [0.1, 0.15) is 41.3 Å². The third kappa shape index (κ3) is 2.41. The molecule has 0 saturated heterocycles. The monoisotopic (exact) mass is 225 g/mol. The second-order valence-corrected chi connectivity index (χ2v) is 4.15. The number of carbonyl (C=O) groups is 1. The highest BCUT2D eigenvalue weighted by Gasteiger charge is 2.14. The summed E-state index contributed by atoms with van der Waals surface area (Å²) in [5.74, 6) is 0.272. The predicted octanol–water partition coefficient (Wildman–Crippen LogP) is 3.44. The van der Waals surface area contributed by atoms with Gasteiger partial charge in [0, 0.05) is 23.9 Å². The number of rotatable bonds is 3. The van der Waals surface area contributed by atoms with Crippen LogP contribution in [0.15, 0.2) is 48.8 Å². The highest BCUT2D eigenvalue weighted by atomic mass is 16.1. The first kappa shape index (κ1) is 11.5. The molecule has 0 spiro atoms. The van der Waals surface area contributed by atoms with Crippen LogP contribution in [-0.2, 0) is 0 Å². The van der Waals surface area contributed by atoms with Gasteiger partial charge in [-0.1, -0.05) is 37.3 Å². The van der Waals surface area contributed by atoms with Crippen LogP contribution < -0.4 is 0 Å². The van der Waals surface area contributed by atoms with Gasteiger partial charge in [-0.15, -0.1) is 0 Å². The number of carbonyl (C=O) groups excluding carboxylic acids is 1. The van der Waals surface area contributed by atoms with Crippen molar-refractivity contribution in [1.29, 1.82) is 0 Å². The van der Waals surface area contributed by atoms with E-state index in [-0.39, 0.29) is 11.7 Å². The number of hydrogen-bond donors (Lipinski definition) is 0. The zero-order valence-electron chi connectivity index (χ0n) is 10.1. The van der Waals surface area contributed by atoms with Crippen molar-refractivity contribution in [2.24, 2.45) is 0 Å². The quantitative estimate of drug-likeness (QED) is 0.749. The van der Waals surface area contributed by atoms with Crippen LogP contribution in [0.3, 0.4) is 0 Å². The van der Waals surface area contributed by atoms with Gasteiger partial charge >= 0.3 is 0 Å². The summed E-state index contributed by atoms with van der Waals surface area (Å²) in [7, 11) is 0. The molecule has 0 N–H and O–H groups in total. The normalized spacial score (nSPS) is 12.1. The molecule has 0 amide bonds. The molecular weight excluding hydrogens is 210 g/mol. The Balaban J connectivity index is 2.44. The minimum atomic E-state index is 0.0656. The first-order valence-corrected chi connectivity index (χ1v) is 5.70. The van der Waals surface area contributed by atoms with E-state index in [0.29, 0.717) is 5.56 Å². The van der Waals surface area contributed by atoms with Gasteiger partial charge in [0.1, 0.15) is 0 Å². The molecule has 0 aliphatic heterocycles. The minimum Gasteiger partial charge on any atom is -0.294 e. The second-order valence-electron chi connectivity index (χ2n) is 4.15. The maximum atomic E-state index is 11.6. The molecule has 0 saturated carbocycles. The van der Waals surface area contributed by atoms with E-state index in [4.69, 9.17) is 0 Å². The number of Topliss-reactive ketones (excluding diaryl/α,β-unsaturated/α-hetero) is 1. The molecule has 0 bridgehead atoms. The van der Waals surface area contributed by atoms with Gasteiger partial charge in [0.05, 0.1) is 0 Å². The summed E-state index contributed by atoms with van der Waals surface area (Å²) in [5.41, 5.74) is 2.96. The van der Waals surface area contributed by atoms with E-state index in [1.807, 2.05) is 24.3 Å². The van der Waals surface area contributed by atoms with E-state index in [1.165, 1.54) is 5.56 Å². The van der Waals surface area contributed by atoms with Gasteiger partial charge in [0.25, 0.3) is 0 Å². The van der Waals surface area contributed by atoms with Gasteiger partial charge < -0.3 is 0 Å². The lowest BCUT2D eigenvalue weighted by atomic mass is 9.90. The molecule has 1 unspecified atom stereocenters. The van der Waals surface area contributed by atoms with Gasteiger partial charge in [-0.25, -0.2) is 0 Å². The average molecular weight is 225 g/mol. The molecular formula is C15H15NO. The van der Waals surface area contributed by atoms with Gasteiger partial charge in [0.15, 0.2) is 5.78 Å². The van der Waals surface area contributed by atoms with Gasteiger partial charge in [0.2, 0.25) is 0 Å². The molecule has 0 radical (unpaired) electrons. The van der Waals surface area contributed by atoms with E-state index < -0.39 is 0 Å². The minimum absolute atomic E-state index is 0.0656. The zero-order valence-corrected chi connectivity index (χ0v) is 10.1. The topological polar surface area (TPSA) is 30.0 Å². The molecule has 0 aliphatic rings. The van der Waals surface area contributed by atoms with E-state index in [0.717, 1.165) is 5.56 Å². The molecule has 0 aliphatic carbocycles. The van der Waals surface area contributed by atoms with Crippen molar-refractivity contribution in [3.05, 3.63) is 65.5 Å². The third-order valence-corrected chi connectivity index (χ3v) is 3.00. The lowest BCUT2D eigenvalue weighted by Crippen LogP contribution is -2.05. The lowest BCUT2D eigenvalue weighted by molar-refractivity contribution is 0.101. The van der Waals surface area contributed by atoms with Crippen LogP contribution in [0.25, 0.3) is 0 Å². The number of hydrogen-bond acceptors (Lipinski definition) is 2. The Bertz CT molecular complexity index is 519. The summed E-state index contributed by atoms with van der Waals surface area (Å²) < 4.78 is 0. The standard InChI is InChI=1S/C15H15NO/c1-11(13-6-4-3-5-7-13)14-8-9-16-10-15(14)12(2)17/h3-11H,1-2H3. The summed E-state index contributed by atoms with van der Waals surface area (Å²) in [6.45, 7) is 3.69. The smallest absolute Gasteiger partial charge is 0.161 e. The molecule has 2 rings (SSSR count). The summed E-state index contributed by atoms with van der Waals surface area (Å²) in [6.07, 6.45) is 3.39. The number of pyridine rings is 1. The van der Waals surface area contributed by atoms with Crippen molar-refractivity contribution in [1.82, 2.24) is 4.98 Å². The summed E-state index contributed by atoms with van der Waals surface area (Å²) in [4.78, 5) is 15.6. The van der Waals surface area contributed by atoms with Gasteiger partial charge in [-0.2, -0.15) is 0 Å². The molecule has 1 aromatic heterocycles. The Morgan fingerprint density at radius 3 is 2.53 bits per heavy atom. The predicted molar refractivity (Wildman–Crippen MR) is 68.2 cm³/mol. The second kappa shape index (κ2) is 4.91. The van der Waals surface area contributed by atoms with E-state index in [9.17, 15) is 4.79 Å². The van der Waals surface area contributed by atoms with Crippen molar-refractivity contribution < 1.29 is 4.79 Å². The van der Waals surface area contributed by atoms with Crippen LogP contribution in [0.2, 0.25) is 0 Å². The van der Waals surface area contributed by atoms with E-state index in [2.05, 4.69) is 24.0 Å². The SMILES string of the molecule is CC(=O)c1cnccc1C(C)c1ccccc1. The number of nitrogens with zero attached hydrogens (tertiary/aromatic N) is 1.